The first kappa shape index (κ1) is 23.7. The number of nitrogens with one attached hydrogen (secondary N) is 2. The Bertz CT molecular complexity index is 1270. The van der Waals surface area contributed by atoms with E-state index in [4.69, 9.17) is 4.74 Å². The number of hydrogen-bond acceptors (Lipinski definition) is 5. The highest BCUT2D eigenvalue weighted by molar-refractivity contribution is 5.98. The second-order valence-electron chi connectivity index (χ2n) is 8.41. The van der Waals surface area contributed by atoms with Gasteiger partial charge < -0.3 is 24.8 Å². The number of benzene rings is 2. The first-order valence-corrected chi connectivity index (χ1v) is 11.3. The summed E-state index contributed by atoms with van der Waals surface area (Å²) in [7, 11) is 1.56. The van der Waals surface area contributed by atoms with E-state index in [1.54, 1.807) is 43.2 Å². The van der Waals surface area contributed by atoms with Crippen LogP contribution in [0, 0.1) is 11.6 Å². The lowest BCUT2D eigenvalue weighted by atomic mass is 10.1. The van der Waals surface area contributed by atoms with Crippen molar-refractivity contribution in [1.82, 2.24) is 15.2 Å². The van der Waals surface area contributed by atoms with Crippen molar-refractivity contribution in [3.63, 3.8) is 0 Å². The number of nitrogens with zero attached hydrogens (tertiary/aromatic N) is 2. The molecule has 1 aliphatic heterocycles. The van der Waals surface area contributed by atoms with Crippen LogP contribution in [0.25, 0.3) is 10.9 Å². The summed E-state index contributed by atoms with van der Waals surface area (Å²) in [5.41, 5.74) is -0.186. The third-order valence-corrected chi connectivity index (χ3v) is 6.11. The summed E-state index contributed by atoms with van der Waals surface area (Å²) in [6.45, 7) is 5.71. The van der Waals surface area contributed by atoms with Crippen LogP contribution in [0.15, 0.2) is 41.3 Å². The molecule has 1 atom stereocenters. The Hall–Kier alpha value is -3.46. The SMILES string of the molecule is CCn1cc(C(=O)NCc2ccc(OC)cc2)c(=O)c2cc(F)c(N3CCNC(C)C3)c(F)c21. The van der Waals surface area contributed by atoms with E-state index in [2.05, 4.69) is 10.6 Å². The average molecular weight is 471 g/mol. The first-order valence-electron chi connectivity index (χ1n) is 11.3. The van der Waals surface area contributed by atoms with Crippen molar-refractivity contribution in [2.45, 2.75) is 33.0 Å². The van der Waals surface area contributed by atoms with Gasteiger partial charge in [0, 0.05) is 45.0 Å². The van der Waals surface area contributed by atoms with Crippen molar-refractivity contribution in [2.24, 2.45) is 0 Å². The minimum Gasteiger partial charge on any atom is -0.497 e. The Morgan fingerprint density at radius 2 is 2.00 bits per heavy atom. The van der Waals surface area contributed by atoms with Crippen molar-refractivity contribution in [3.8, 4) is 5.75 Å². The molecule has 1 amide bonds. The highest BCUT2D eigenvalue weighted by atomic mass is 19.1. The lowest BCUT2D eigenvalue weighted by Gasteiger charge is -2.34. The summed E-state index contributed by atoms with van der Waals surface area (Å²) in [4.78, 5) is 27.6. The number of carbonyl (C=O) groups excluding carboxylic acids is 1. The van der Waals surface area contributed by atoms with E-state index in [0.29, 0.717) is 31.9 Å². The Morgan fingerprint density at radius 3 is 2.65 bits per heavy atom. The second kappa shape index (κ2) is 9.80. The minimum atomic E-state index is -0.811. The molecular weight excluding hydrogens is 442 g/mol. The molecule has 4 rings (SSSR count). The van der Waals surface area contributed by atoms with Gasteiger partial charge in [0.25, 0.3) is 5.91 Å². The number of aryl methyl sites for hydroxylation is 1. The van der Waals surface area contributed by atoms with E-state index in [1.807, 2.05) is 6.92 Å². The molecule has 2 aromatic carbocycles. The minimum absolute atomic E-state index is 0.00166. The molecule has 3 aromatic rings. The number of ether oxygens (including phenoxy) is 1. The van der Waals surface area contributed by atoms with Crippen LogP contribution in [0.2, 0.25) is 0 Å². The molecule has 1 saturated heterocycles. The molecule has 180 valence electrons. The van der Waals surface area contributed by atoms with Crippen LogP contribution in [0.4, 0.5) is 14.5 Å². The van der Waals surface area contributed by atoms with Gasteiger partial charge in [-0.25, -0.2) is 8.78 Å². The van der Waals surface area contributed by atoms with Crippen LogP contribution in [0.3, 0.4) is 0 Å². The van der Waals surface area contributed by atoms with E-state index in [0.717, 1.165) is 11.6 Å². The van der Waals surface area contributed by atoms with Gasteiger partial charge >= 0.3 is 0 Å². The summed E-state index contributed by atoms with van der Waals surface area (Å²) >= 11 is 0. The number of amides is 1. The normalized spacial score (nSPS) is 16.0. The van der Waals surface area contributed by atoms with Gasteiger partial charge in [0.2, 0.25) is 5.43 Å². The number of pyridine rings is 1. The van der Waals surface area contributed by atoms with Crippen molar-refractivity contribution < 1.29 is 18.3 Å². The van der Waals surface area contributed by atoms with Crippen LogP contribution in [0.5, 0.6) is 5.75 Å². The lowest BCUT2D eigenvalue weighted by Crippen LogP contribution is -2.49. The van der Waals surface area contributed by atoms with Crippen LogP contribution in [-0.2, 0) is 13.1 Å². The van der Waals surface area contributed by atoms with Crippen LogP contribution in [0.1, 0.15) is 29.8 Å². The molecule has 34 heavy (non-hydrogen) atoms. The molecule has 0 spiro atoms. The molecule has 0 bridgehead atoms. The smallest absolute Gasteiger partial charge is 0.257 e. The molecule has 0 aliphatic carbocycles. The van der Waals surface area contributed by atoms with Gasteiger partial charge in [-0.05, 0) is 37.6 Å². The van der Waals surface area contributed by atoms with E-state index >= 15 is 8.78 Å². The van der Waals surface area contributed by atoms with Crippen molar-refractivity contribution in [3.05, 3.63) is 69.5 Å². The summed E-state index contributed by atoms with van der Waals surface area (Å²) in [6.07, 6.45) is 1.35. The zero-order valence-corrected chi connectivity index (χ0v) is 19.5. The Morgan fingerprint density at radius 1 is 1.26 bits per heavy atom. The topological polar surface area (TPSA) is 75.6 Å². The lowest BCUT2D eigenvalue weighted by molar-refractivity contribution is 0.0949. The molecule has 2 heterocycles. The van der Waals surface area contributed by atoms with Gasteiger partial charge in [0.05, 0.1) is 18.0 Å². The quantitative estimate of drug-likeness (QED) is 0.579. The maximum absolute atomic E-state index is 15.7. The highest BCUT2D eigenvalue weighted by Crippen LogP contribution is 2.30. The number of rotatable bonds is 6. The standard InChI is InChI=1S/C25H28F2N4O3/c1-4-30-14-19(25(33)29-12-16-5-7-17(34-3)8-6-16)24(32)18-11-20(26)23(21(27)22(18)30)31-10-9-28-15(2)13-31/h5-8,11,14-15,28H,4,9-10,12-13H2,1-3H3,(H,29,33). The van der Waals surface area contributed by atoms with Crippen LogP contribution in [-0.4, -0.2) is 43.3 Å². The van der Waals surface area contributed by atoms with Gasteiger partial charge in [0.1, 0.15) is 22.8 Å². The van der Waals surface area contributed by atoms with Crippen molar-refractivity contribution in [2.75, 3.05) is 31.6 Å². The number of anilines is 1. The van der Waals surface area contributed by atoms with Gasteiger partial charge in [-0.2, -0.15) is 0 Å². The summed E-state index contributed by atoms with van der Waals surface area (Å²) < 4.78 is 37.4. The fraction of sp³-hybridized carbons (Fsp3) is 0.360. The molecular formula is C25H28F2N4O3. The largest absolute Gasteiger partial charge is 0.497 e. The molecule has 1 unspecified atom stereocenters. The number of hydrogen-bond donors (Lipinski definition) is 2. The van der Waals surface area contributed by atoms with E-state index in [-0.39, 0.29) is 34.7 Å². The molecule has 1 aromatic heterocycles. The maximum atomic E-state index is 15.7. The third-order valence-electron chi connectivity index (χ3n) is 6.11. The Labute approximate surface area is 196 Å². The second-order valence-corrected chi connectivity index (χ2v) is 8.41. The summed E-state index contributed by atoms with van der Waals surface area (Å²) in [5, 5.41) is 5.81. The predicted octanol–water partition coefficient (Wildman–Crippen LogP) is 3.04. The van der Waals surface area contributed by atoms with Gasteiger partial charge in [-0.15, -0.1) is 0 Å². The summed E-state index contributed by atoms with van der Waals surface area (Å²) in [5.74, 6) is -1.51. The molecule has 0 saturated carbocycles. The fourth-order valence-electron chi connectivity index (χ4n) is 4.33. The van der Waals surface area contributed by atoms with Gasteiger partial charge in [-0.1, -0.05) is 12.1 Å². The molecule has 0 radical (unpaired) electrons. The Kier molecular flexibility index (Phi) is 6.83. The zero-order valence-electron chi connectivity index (χ0n) is 19.5. The molecule has 9 heteroatoms. The monoisotopic (exact) mass is 470 g/mol. The van der Waals surface area contributed by atoms with Gasteiger partial charge in [0.15, 0.2) is 5.82 Å². The van der Waals surface area contributed by atoms with E-state index in [9.17, 15) is 9.59 Å². The molecule has 2 N–H and O–H groups in total. The molecule has 7 nitrogen and oxygen atoms in total. The number of halogens is 2. The van der Waals surface area contributed by atoms with Gasteiger partial charge in [-0.3, -0.25) is 9.59 Å². The number of methoxy groups -OCH3 is 1. The number of carbonyl (C=O) groups is 1. The highest BCUT2D eigenvalue weighted by Gasteiger charge is 2.27. The number of aromatic nitrogens is 1. The van der Waals surface area contributed by atoms with E-state index < -0.39 is 23.0 Å². The average Bonchev–Trinajstić information content (AvgIpc) is 2.83. The number of fused-ring (bicyclic) bond motifs is 1. The molecule has 1 fully saturated rings. The Balaban J connectivity index is 1.70. The zero-order chi connectivity index (χ0) is 24.4. The number of piperazine rings is 1. The maximum Gasteiger partial charge on any atom is 0.257 e. The van der Waals surface area contributed by atoms with E-state index in [1.165, 1.54) is 10.8 Å². The summed E-state index contributed by atoms with van der Waals surface area (Å²) in [6, 6.07) is 8.26. The van der Waals surface area contributed by atoms with Crippen LogP contribution >= 0.6 is 0 Å². The molecule has 1 aliphatic rings. The first-order chi connectivity index (χ1) is 16.3. The third kappa shape index (κ3) is 4.48. The fourth-order valence-corrected chi connectivity index (χ4v) is 4.33. The van der Waals surface area contributed by atoms with Crippen molar-refractivity contribution in [1.29, 1.82) is 0 Å². The van der Waals surface area contributed by atoms with Crippen molar-refractivity contribution >= 4 is 22.5 Å². The predicted molar refractivity (Wildman–Crippen MR) is 128 cm³/mol. The van der Waals surface area contributed by atoms with Crippen LogP contribution < -0.4 is 25.7 Å².